The molecule has 0 bridgehead atoms. The van der Waals surface area contributed by atoms with Gasteiger partial charge >= 0.3 is 6.09 Å². The summed E-state index contributed by atoms with van der Waals surface area (Å²) in [4.78, 5) is 45.5. The van der Waals surface area contributed by atoms with Crippen LogP contribution in [0.1, 0.15) is 48.9 Å². The molecule has 48 heavy (non-hydrogen) atoms. The van der Waals surface area contributed by atoms with Crippen molar-refractivity contribution in [3.8, 4) is 11.1 Å². The van der Waals surface area contributed by atoms with Gasteiger partial charge in [-0.1, -0.05) is 55.0 Å². The second-order valence-electron chi connectivity index (χ2n) is 12.8. The molecule has 0 aromatic heterocycles. The zero-order valence-electron chi connectivity index (χ0n) is 28.2. The summed E-state index contributed by atoms with van der Waals surface area (Å²) in [5.41, 5.74) is 4.37. The zero-order valence-corrected chi connectivity index (χ0v) is 28.2. The summed E-state index contributed by atoms with van der Waals surface area (Å²) in [5.74, 6) is 0.253. The Bertz CT molecular complexity index is 1470. The number of hydrogen-bond acceptors (Lipinski definition) is 6. The normalized spacial score (nSPS) is 15.6. The molecule has 2 aliphatic heterocycles. The SMILES string of the molecule is CN(CCN1CCC(N(C(=O)O)c2ccccc2-c2ccccc2)CC1)C(=O)CCCCCNc1ccc(C(=O)N2CCNCC2)cc1. The summed E-state index contributed by atoms with van der Waals surface area (Å²) in [7, 11) is 1.87. The summed E-state index contributed by atoms with van der Waals surface area (Å²) in [5, 5.41) is 16.9. The Hall–Kier alpha value is -4.41. The standard InChI is InChI=1S/C38H50N6O4/c1-41(36(45)14-6-3-9-21-40-32-17-15-31(16-18-32)37(46)43-26-22-39-23-27-43)28-29-42-24-19-33(20-25-42)44(38(47)48)35-13-8-7-12-34(35)30-10-4-2-5-11-30/h2,4-5,7-8,10-13,15-18,33,39-40H,3,6,9,14,19-29H2,1H3,(H,47,48). The topological polar surface area (TPSA) is 108 Å². The first-order chi connectivity index (χ1) is 23.4. The van der Waals surface area contributed by atoms with Crippen LogP contribution in [0.3, 0.4) is 0 Å². The molecule has 2 aliphatic rings. The number of carboxylic acid groups (broad SMARTS) is 1. The Labute approximate surface area is 284 Å². The Morgan fingerprint density at radius 1 is 0.854 bits per heavy atom. The maximum absolute atomic E-state index is 12.8. The van der Waals surface area contributed by atoms with Crippen LogP contribution in [0.4, 0.5) is 16.2 Å². The van der Waals surface area contributed by atoms with Gasteiger partial charge in [-0.15, -0.1) is 0 Å². The zero-order chi connectivity index (χ0) is 33.7. The van der Waals surface area contributed by atoms with E-state index in [1.807, 2.05) is 95.7 Å². The number of likely N-dealkylation sites (tertiary alicyclic amines) is 1. The van der Waals surface area contributed by atoms with Crippen LogP contribution in [0.5, 0.6) is 0 Å². The van der Waals surface area contributed by atoms with Crippen molar-refractivity contribution in [2.75, 3.05) is 76.2 Å². The number of benzene rings is 3. The van der Waals surface area contributed by atoms with Crippen LogP contribution >= 0.6 is 0 Å². The lowest BCUT2D eigenvalue weighted by Crippen LogP contribution is -2.48. The Morgan fingerprint density at radius 2 is 1.54 bits per heavy atom. The van der Waals surface area contributed by atoms with E-state index in [0.717, 1.165) is 113 Å². The summed E-state index contributed by atoms with van der Waals surface area (Å²) < 4.78 is 0. The molecule has 0 atom stereocenters. The van der Waals surface area contributed by atoms with Crippen molar-refractivity contribution in [2.45, 2.75) is 44.6 Å². The molecule has 3 aromatic rings. The number of carbonyl (C=O) groups excluding carboxylic acids is 2. The quantitative estimate of drug-likeness (QED) is 0.198. The minimum atomic E-state index is -0.925. The molecule has 0 unspecified atom stereocenters. The van der Waals surface area contributed by atoms with Gasteiger partial charge in [0.2, 0.25) is 5.91 Å². The van der Waals surface area contributed by atoms with Gasteiger partial charge in [0.05, 0.1) is 5.69 Å². The lowest BCUT2D eigenvalue weighted by molar-refractivity contribution is -0.130. The molecule has 5 rings (SSSR count). The van der Waals surface area contributed by atoms with E-state index in [4.69, 9.17) is 0 Å². The van der Waals surface area contributed by atoms with Crippen LogP contribution in [-0.2, 0) is 4.79 Å². The maximum Gasteiger partial charge on any atom is 0.412 e. The summed E-state index contributed by atoms with van der Waals surface area (Å²) in [6, 6.07) is 25.3. The summed E-state index contributed by atoms with van der Waals surface area (Å²) in [6.45, 7) is 7.05. The Kier molecular flexibility index (Phi) is 12.8. The molecule has 3 amide bonds. The van der Waals surface area contributed by atoms with Crippen LogP contribution in [0.15, 0.2) is 78.9 Å². The van der Waals surface area contributed by atoms with E-state index in [2.05, 4.69) is 15.5 Å². The molecule has 0 spiro atoms. The number of unbranched alkanes of at least 4 members (excludes halogenated alkanes) is 2. The molecule has 2 saturated heterocycles. The van der Waals surface area contributed by atoms with Crippen LogP contribution < -0.4 is 15.5 Å². The second-order valence-corrected chi connectivity index (χ2v) is 12.8. The Morgan fingerprint density at radius 3 is 2.25 bits per heavy atom. The molecule has 0 radical (unpaired) electrons. The molecule has 3 aromatic carbocycles. The van der Waals surface area contributed by atoms with E-state index in [1.165, 1.54) is 0 Å². The fraction of sp³-hybridized carbons (Fsp3) is 0.447. The molecule has 0 aliphatic carbocycles. The highest BCUT2D eigenvalue weighted by Gasteiger charge is 2.30. The number of hydrogen-bond donors (Lipinski definition) is 3. The maximum atomic E-state index is 12.8. The number of nitrogens with one attached hydrogen (secondary N) is 2. The third-order valence-corrected chi connectivity index (χ3v) is 9.49. The molecular weight excluding hydrogens is 604 g/mol. The van der Waals surface area contributed by atoms with E-state index in [-0.39, 0.29) is 17.9 Å². The summed E-state index contributed by atoms with van der Waals surface area (Å²) >= 11 is 0. The number of rotatable bonds is 14. The molecule has 10 heteroatoms. The van der Waals surface area contributed by atoms with Crippen molar-refractivity contribution >= 4 is 29.3 Å². The van der Waals surface area contributed by atoms with Crippen LogP contribution in [0, 0.1) is 0 Å². The predicted octanol–water partition coefficient (Wildman–Crippen LogP) is 5.48. The fourth-order valence-electron chi connectivity index (χ4n) is 6.60. The molecular formula is C38H50N6O4. The van der Waals surface area contributed by atoms with E-state index >= 15 is 0 Å². The lowest BCUT2D eigenvalue weighted by Gasteiger charge is -2.38. The van der Waals surface area contributed by atoms with Crippen molar-refractivity contribution in [3.05, 3.63) is 84.4 Å². The number of nitrogens with zero attached hydrogens (tertiary/aromatic N) is 4. The highest BCUT2D eigenvalue weighted by Crippen LogP contribution is 2.34. The second kappa shape index (κ2) is 17.7. The minimum Gasteiger partial charge on any atom is -0.465 e. The first-order valence-electron chi connectivity index (χ1n) is 17.4. The molecule has 256 valence electrons. The molecule has 2 heterocycles. The molecule has 3 N–H and O–H groups in total. The highest BCUT2D eigenvalue weighted by atomic mass is 16.4. The Balaban J connectivity index is 0.970. The number of amides is 3. The average molecular weight is 655 g/mol. The van der Waals surface area contributed by atoms with Gasteiger partial charge < -0.3 is 30.4 Å². The average Bonchev–Trinajstić information content (AvgIpc) is 3.13. The van der Waals surface area contributed by atoms with E-state index in [1.54, 1.807) is 4.90 Å². The largest absolute Gasteiger partial charge is 0.465 e. The van der Waals surface area contributed by atoms with Gasteiger partial charge in [-0.25, -0.2) is 4.79 Å². The third kappa shape index (κ3) is 9.58. The van der Waals surface area contributed by atoms with E-state index < -0.39 is 6.09 Å². The molecule has 2 fully saturated rings. The van der Waals surface area contributed by atoms with Crippen LogP contribution in [-0.4, -0.2) is 110 Å². The number of para-hydroxylation sites is 1. The number of carbonyl (C=O) groups is 3. The van der Waals surface area contributed by atoms with Crippen molar-refractivity contribution in [1.29, 1.82) is 0 Å². The number of piperazine rings is 1. The van der Waals surface area contributed by atoms with Crippen molar-refractivity contribution < 1.29 is 19.5 Å². The van der Waals surface area contributed by atoms with Gasteiger partial charge in [0, 0.05) is 95.2 Å². The fourth-order valence-corrected chi connectivity index (χ4v) is 6.60. The monoisotopic (exact) mass is 654 g/mol. The minimum absolute atomic E-state index is 0.0889. The predicted molar refractivity (Wildman–Crippen MR) is 192 cm³/mol. The first kappa shape index (κ1) is 34.9. The smallest absolute Gasteiger partial charge is 0.412 e. The van der Waals surface area contributed by atoms with E-state index in [9.17, 15) is 19.5 Å². The molecule has 0 saturated carbocycles. The van der Waals surface area contributed by atoms with Gasteiger partial charge in [0.15, 0.2) is 0 Å². The molecule has 10 nitrogen and oxygen atoms in total. The van der Waals surface area contributed by atoms with Crippen molar-refractivity contribution in [3.63, 3.8) is 0 Å². The van der Waals surface area contributed by atoms with Gasteiger partial charge in [0.25, 0.3) is 5.91 Å². The van der Waals surface area contributed by atoms with Crippen molar-refractivity contribution in [1.82, 2.24) is 20.0 Å². The van der Waals surface area contributed by atoms with Gasteiger partial charge in [-0.3, -0.25) is 14.5 Å². The van der Waals surface area contributed by atoms with Gasteiger partial charge in [-0.05, 0) is 61.6 Å². The van der Waals surface area contributed by atoms with Gasteiger partial charge in [-0.2, -0.15) is 0 Å². The van der Waals surface area contributed by atoms with Crippen molar-refractivity contribution in [2.24, 2.45) is 0 Å². The van der Waals surface area contributed by atoms with E-state index in [0.29, 0.717) is 13.0 Å². The summed E-state index contributed by atoms with van der Waals surface area (Å²) in [6.07, 6.45) is 3.90. The third-order valence-electron chi connectivity index (χ3n) is 9.49. The number of likely N-dealkylation sites (N-methyl/N-ethyl adjacent to an activating group) is 1. The van der Waals surface area contributed by atoms with Gasteiger partial charge in [0.1, 0.15) is 0 Å². The number of piperidine rings is 1. The highest BCUT2D eigenvalue weighted by molar-refractivity contribution is 5.95. The first-order valence-corrected chi connectivity index (χ1v) is 17.4. The number of anilines is 2. The van der Waals surface area contributed by atoms with Crippen LogP contribution in [0.25, 0.3) is 11.1 Å². The lowest BCUT2D eigenvalue weighted by atomic mass is 9.98. The van der Waals surface area contributed by atoms with Crippen LogP contribution in [0.2, 0.25) is 0 Å².